The molecule has 0 saturated heterocycles. The Hall–Kier alpha value is -1.17. The molecular formula is C13H24N4OS. The molecule has 2 N–H and O–H groups in total. The summed E-state index contributed by atoms with van der Waals surface area (Å²) in [6.07, 6.45) is 4.52. The normalized spacial score (nSPS) is 12.2. The molecular weight excluding hydrogens is 260 g/mol. The first-order chi connectivity index (χ1) is 9.08. The van der Waals surface area contributed by atoms with Gasteiger partial charge in [0.05, 0.1) is 0 Å². The van der Waals surface area contributed by atoms with E-state index in [0.29, 0.717) is 0 Å². The highest BCUT2D eigenvalue weighted by Crippen LogP contribution is 2.20. The molecule has 0 bridgehead atoms. The van der Waals surface area contributed by atoms with Crippen LogP contribution in [0.2, 0.25) is 0 Å². The third kappa shape index (κ3) is 5.14. The largest absolute Gasteiger partial charge is 0.373 e. The van der Waals surface area contributed by atoms with Gasteiger partial charge in [-0.1, -0.05) is 6.92 Å². The number of nitrogens with zero attached hydrogens (tertiary/aromatic N) is 2. The summed E-state index contributed by atoms with van der Waals surface area (Å²) in [5, 5.41) is 6.42. The maximum absolute atomic E-state index is 11.0. The zero-order valence-electron chi connectivity index (χ0n) is 12.2. The van der Waals surface area contributed by atoms with Gasteiger partial charge in [-0.3, -0.25) is 4.21 Å². The van der Waals surface area contributed by atoms with Gasteiger partial charge in [-0.2, -0.15) is 0 Å². The summed E-state index contributed by atoms with van der Waals surface area (Å²) in [6.45, 7) is 4.90. The van der Waals surface area contributed by atoms with E-state index in [9.17, 15) is 4.21 Å². The van der Waals surface area contributed by atoms with E-state index in [1.165, 1.54) is 0 Å². The Kier molecular flexibility index (Phi) is 6.77. The molecule has 19 heavy (non-hydrogen) atoms. The van der Waals surface area contributed by atoms with E-state index in [-0.39, 0.29) is 0 Å². The van der Waals surface area contributed by atoms with E-state index in [0.717, 1.165) is 54.6 Å². The van der Waals surface area contributed by atoms with Crippen LogP contribution < -0.4 is 10.6 Å². The first kappa shape index (κ1) is 15.9. The average molecular weight is 284 g/mol. The van der Waals surface area contributed by atoms with Crippen molar-refractivity contribution in [2.24, 2.45) is 0 Å². The van der Waals surface area contributed by atoms with Crippen molar-refractivity contribution in [3.63, 3.8) is 0 Å². The molecule has 0 amide bonds. The molecule has 0 aliphatic heterocycles. The molecule has 0 aliphatic carbocycles. The molecule has 0 spiro atoms. The van der Waals surface area contributed by atoms with Gasteiger partial charge in [0.1, 0.15) is 17.5 Å². The SMILES string of the molecule is CCCc1nc(NC)c(C)c(NCCCS(C)=O)n1. The van der Waals surface area contributed by atoms with Crippen LogP contribution in [0.1, 0.15) is 31.2 Å². The quantitative estimate of drug-likeness (QED) is 0.714. The molecule has 1 unspecified atom stereocenters. The van der Waals surface area contributed by atoms with Crippen molar-refractivity contribution >= 4 is 22.4 Å². The van der Waals surface area contributed by atoms with E-state index in [1.54, 1.807) is 6.26 Å². The van der Waals surface area contributed by atoms with Crippen LogP contribution >= 0.6 is 0 Å². The number of aryl methyl sites for hydroxylation is 1. The zero-order chi connectivity index (χ0) is 14.3. The Morgan fingerprint density at radius 3 is 2.53 bits per heavy atom. The Bertz CT molecular complexity index is 437. The van der Waals surface area contributed by atoms with Gasteiger partial charge in [0.2, 0.25) is 0 Å². The molecule has 1 rings (SSSR count). The molecule has 1 atom stereocenters. The first-order valence-corrected chi connectivity index (χ1v) is 8.40. The maximum atomic E-state index is 11.0. The lowest BCUT2D eigenvalue weighted by Gasteiger charge is -2.13. The number of rotatable bonds is 8. The van der Waals surface area contributed by atoms with E-state index >= 15 is 0 Å². The summed E-state index contributed by atoms with van der Waals surface area (Å²) in [7, 11) is 1.14. The van der Waals surface area contributed by atoms with E-state index in [2.05, 4.69) is 27.5 Å². The van der Waals surface area contributed by atoms with Gasteiger partial charge in [0.15, 0.2) is 0 Å². The van der Waals surface area contributed by atoms with Crippen LogP contribution in [0, 0.1) is 6.92 Å². The topological polar surface area (TPSA) is 66.9 Å². The fourth-order valence-corrected chi connectivity index (χ4v) is 2.35. The Morgan fingerprint density at radius 2 is 1.95 bits per heavy atom. The Labute approximate surface area is 118 Å². The zero-order valence-corrected chi connectivity index (χ0v) is 13.1. The van der Waals surface area contributed by atoms with Gasteiger partial charge in [-0.05, 0) is 19.8 Å². The Morgan fingerprint density at radius 1 is 1.26 bits per heavy atom. The van der Waals surface area contributed by atoms with Crippen LogP contribution in [0.15, 0.2) is 0 Å². The average Bonchev–Trinajstić information content (AvgIpc) is 2.37. The number of aromatic nitrogens is 2. The van der Waals surface area contributed by atoms with E-state index in [4.69, 9.17) is 0 Å². The smallest absolute Gasteiger partial charge is 0.134 e. The van der Waals surface area contributed by atoms with Gasteiger partial charge >= 0.3 is 0 Å². The first-order valence-electron chi connectivity index (χ1n) is 6.67. The summed E-state index contributed by atoms with van der Waals surface area (Å²) in [5.74, 6) is 3.33. The molecule has 0 fully saturated rings. The van der Waals surface area contributed by atoms with Gasteiger partial charge in [0, 0.05) is 48.4 Å². The number of nitrogens with one attached hydrogen (secondary N) is 2. The standard InChI is InChI=1S/C13H24N4OS/c1-5-7-11-16-12(14-3)10(2)13(17-11)15-8-6-9-19(4)18/h5-9H2,1-4H3,(H2,14,15,16,17). The summed E-state index contributed by atoms with van der Waals surface area (Å²) in [4.78, 5) is 9.04. The summed E-state index contributed by atoms with van der Waals surface area (Å²) >= 11 is 0. The third-order valence-corrected chi connectivity index (χ3v) is 3.67. The molecule has 0 saturated carbocycles. The molecule has 108 valence electrons. The molecule has 0 aromatic carbocycles. The summed E-state index contributed by atoms with van der Waals surface area (Å²) in [6, 6.07) is 0. The predicted octanol–water partition coefficient (Wildman–Crippen LogP) is 1.96. The molecule has 0 aliphatic rings. The number of hydrogen-bond acceptors (Lipinski definition) is 5. The van der Waals surface area contributed by atoms with Gasteiger partial charge in [-0.25, -0.2) is 9.97 Å². The minimum Gasteiger partial charge on any atom is -0.373 e. The highest BCUT2D eigenvalue weighted by molar-refractivity contribution is 7.84. The molecule has 1 heterocycles. The number of hydrogen-bond donors (Lipinski definition) is 2. The number of anilines is 2. The van der Waals surface area contributed by atoms with Gasteiger partial charge < -0.3 is 10.6 Å². The fourth-order valence-electron chi connectivity index (χ4n) is 1.80. The lowest BCUT2D eigenvalue weighted by Crippen LogP contribution is -2.12. The van der Waals surface area contributed by atoms with Crippen LogP contribution in [0.25, 0.3) is 0 Å². The van der Waals surface area contributed by atoms with Gasteiger partial charge in [-0.15, -0.1) is 0 Å². The van der Waals surface area contributed by atoms with Gasteiger partial charge in [0.25, 0.3) is 0 Å². The Balaban J connectivity index is 2.74. The second-order valence-electron chi connectivity index (χ2n) is 4.52. The summed E-state index contributed by atoms with van der Waals surface area (Å²) in [5.41, 5.74) is 1.03. The molecule has 1 aromatic heterocycles. The highest BCUT2D eigenvalue weighted by atomic mass is 32.2. The molecule has 0 radical (unpaired) electrons. The lowest BCUT2D eigenvalue weighted by atomic mass is 10.2. The van der Waals surface area contributed by atoms with E-state index in [1.807, 2.05) is 14.0 Å². The van der Waals surface area contributed by atoms with Crippen LogP contribution in [-0.4, -0.2) is 39.8 Å². The lowest BCUT2D eigenvalue weighted by molar-refractivity contribution is 0.685. The van der Waals surface area contributed by atoms with E-state index < -0.39 is 10.8 Å². The minimum atomic E-state index is -0.727. The molecule has 5 nitrogen and oxygen atoms in total. The molecule has 6 heteroatoms. The summed E-state index contributed by atoms with van der Waals surface area (Å²) < 4.78 is 11.0. The van der Waals surface area contributed by atoms with Crippen molar-refractivity contribution < 1.29 is 4.21 Å². The van der Waals surface area contributed by atoms with Crippen molar-refractivity contribution in [1.29, 1.82) is 0 Å². The van der Waals surface area contributed by atoms with Crippen molar-refractivity contribution in [3.05, 3.63) is 11.4 Å². The van der Waals surface area contributed by atoms with Crippen molar-refractivity contribution in [1.82, 2.24) is 9.97 Å². The maximum Gasteiger partial charge on any atom is 0.134 e. The second kappa shape index (κ2) is 8.09. The predicted molar refractivity (Wildman–Crippen MR) is 82.4 cm³/mol. The third-order valence-electron chi connectivity index (χ3n) is 2.80. The van der Waals surface area contributed by atoms with Crippen molar-refractivity contribution in [3.8, 4) is 0 Å². The highest BCUT2D eigenvalue weighted by Gasteiger charge is 2.09. The van der Waals surface area contributed by atoms with Crippen LogP contribution in [0.3, 0.4) is 0 Å². The monoisotopic (exact) mass is 284 g/mol. The fraction of sp³-hybridized carbons (Fsp3) is 0.692. The van der Waals surface area contributed by atoms with Crippen molar-refractivity contribution in [2.75, 3.05) is 36.2 Å². The molecule has 1 aromatic rings. The van der Waals surface area contributed by atoms with Crippen LogP contribution in [0.5, 0.6) is 0 Å². The minimum absolute atomic E-state index is 0.720. The van der Waals surface area contributed by atoms with Crippen LogP contribution in [-0.2, 0) is 17.2 Å². The van der Waals surface area contributed by atoms with Crippen molar-refractivity contribution in [2.45, 2.75) is 33.1 Å². The second-order valence-corrected chi connectivity index (χ2v) is 6.07. The van der Waals surface area contributed by atoms with Crippen LogP contribution in [0.4, 0.5) is 11.6 Å².